The predicted molar refractivity (Wildman–Crippen MR) is 104 cm³/mol. The van der Waals surface area contributed by atoms with E-state index in [-0.39, 0.29) is 5.91 Å². The molecule has 0 aromatic heterocycles. The zero-order chi connectivity index (χ0) is 17.9. The molecule has 5 heteroatoms. The number of hydrogen-bond donors (Lipinski definition) is 1. The predicted octanol–water partition coefficient (Wildman–Crippen LogP) is 2.69. The second-order valence-corrected chi connectivity index (χ2v) is 7.52. The van der Waals surface area contributed by atoms with E-state index in [2.05, 4.69) is 15.2 Å². The summed E-state index contributed by atoms with van der Waals surface area (Å²) >= 11 is 0. The van der Waals surface area contributed by atoms with E-state index in [1.807, 2.05) is 54.7 Å². The number of carbonyl (C=O) groups excluding carboxylic acids is 1. The van der Waals surface area contributed by atoms with Crippen molar-refractivity contribution in [1.82, 2.24) is 20.2 Å². The average Bonchev–Trinajstić information content (AvgIpc) is 3.34. The highest BCUT2D eigenvalue weighted by Gasteiger charge is 2.31. The molecular formula is C21H28N4O. The van der Waals surface area contributed by atoms with Crippen molar-refractivity contribution >= 4 is 11.6 Å². The van der Waals surface area contributed by atoms with Gasteiger partial charge in [-0.1, -0.05) is 12.1 Å². The van der Waals surface area contributed by atoms with Crippen LogP contribution in [-0.2, 0) is 0 Å². The first-order valence-electron chi connectivity index (χ1n) is 9.72. The summed E-state index contributed by atoms with van der Waals surface area (Å²) in [5.41, 5.74) is 6.22. The maximum absolute atomic E-state index is 13.0. The number of benzene rings is 1. The van der Waals surface area contributed by atoms with Crippen molar-refractivity contribution in [2.24, 2.45) is 0 Å². The molecule has 3 heterocycles. The van der Waals surface area contributed by atoms with E-state index in [0.717, 1.165) is 42.8 Å². The quantitative estimate of drug-likeness (QED) is 0.904. The minimum Gasteiger partial charge on any atom is -0.334 e. The molecule has 0 aliphatic carbocycles. The zero-order valence-corrected chi connectivity index (χ0v) is 15.5. The highest BCUT2D eigenvalue weighted by Crippen LogP contribution is 2.23. The fourth-order valence-corrected chi connectivity index (χ4v) is 4.21. The third-order valence-electron chi connectivity index (χ3n) is 5.62. The van der Waals surface area contributed by atoms with Gasteiger partial charge in [0, 0.05) is 37.9 Å². The summed E-state index contributed by atoms with van der Waals surface area (Å²) in [6, 6.07) is 8.37. The smallest absolute Gasteiger partial charge is 0.254 e. The number of hydrogen-bond acceptors (Lipinski definition) is 4. The number of rotatable bonds is 4. The lowest BCUT2D eigenvalue weighted by molar-refractivity contribution is 0.0709. The molecule has 1 atom stereocenters. The zero-order valence-electron chi connectivity index (χ0n) is 15.5. The van der Waals surface area contributed by atoms with Gasteiger partial charge in [0.1, 0.15) is 0 Å². The van der Waals surface area contributed by atoms with Crippen molar-refractivity contribution in [3.05, 3.63) is 53.7 Å². The molecule has 3 aliphatic heterocycles. The van der Waals surface area contributed by atoms with Gasteiger partial charge in [0.15, 0.2) is 0 Å². The van der Waals surface area contributed by atoms with Gasteiger partial charge in [0.2, 0.25) is 0 Å². The van der Waals surface area contributed by atoms with Gasteiger partial charge in [-0.2, -0.15) is 0 Å². The van der Waals surface area contributed by atoms with Crippen molar-refractivity contribution in [3.8, 4) is 0 Å². The highest BCUT2D eigenvalue weighted by atomic mass is 16.2. The molecule has 4 rings (SSSR count). The maximum atomic E-state index is 13.0. The average molecular weight is 352 g/mol. The molecule has 0 unspecified atom stereocenters. The van der Waals surface area contributed by atoms with E-state index in [1.165, 1.54) is 25.9 Å². The molecule has 1 N–H and O–H groups in total. The summed E-state index contributed by atoms with van der Waals surface area (Å²) in [4.78, 5) is 17.6. The van der Waals surface area contributed by atoms with Crippen LogP contribution in [0.25, 0.3) is 5.70 Å². The first-order valence-corrected chi connectivity index (χ1v) is 9.72. The molecule has 0 spiro atoms. The summed E-state index contributed by atoms with van der Waals surface area (Å²) in [5, 5.41) is 1.92. The van der Waals surface area contributed by atoms with Crippen LogP contribution in [0.2, 0.25) is 0 Å². The van der Waals surface area contributed by atoms with Crippen LogP contribution < -0.4 is 5.43 Å². The van der Waals surface area contributed by atoms with Gasteiger partial charge in [0.25, 0.3) is 5.91 Å². The fourth-order valence-electron chi connectivity index (χ4n) is 4.21. The minimum absolute atomic E-state index is 0.181. The van der Waals surface area contributed by atoms with Crippen molar-refractivity contribution in [3.63, 3.8) is 0 Å². The van der Waals surface area contributed by atoms with Crippen LogP contribution in [0.15, 0.2) is 42.6 Å². The van der Waals surface area contributed by atoms with Gasteiger partial charge in [-0.25, -0.2) is 0 Å². The summed E-state index contributed by atoms with van der Waals surface area (Å²) in [7, 11) is 1.97. The summed E-state index contributed by atoms with van der Waals surface area (Å²) in [6.45, 7) is 4.32. The van der Waals surface area contributed by atoms with Gasteiger partial charge in [-0.3, -0.25) is 15.2 Å². The lowest BCUT2D eigenvalue weighted by Gasteiger charge is -2.28. The van der Waals surface area contributed by atoms with E-state index in [0.29, 0.717) is 6.04 Å². The number of amides is 1. The Morgan fingerprint density at radius 3 is 2.62 bits per heavy atom. The van der Waals surface area contributed by atoms with Gasteiger partial charge in [-0.05, 0) is 68.6 Å². The largest absolute Gasteiger partial charge is 0.334 e. The van der Waals surface area contributed by atoms with Crippen LogP contribution in [0.5, 0.6) is 0 Å². The molecule has 1 aromatic rings. The Morgan fingerprint density at radius 1 is 1.12 bits per heavy atom. The van der Waals surface area contributed by atoms with Crippen LogP contribution in [0.1, 0.15) is 41.6 Å². The van der Waals surface area contributed by atoms with E-state index >= 15 is 0 Å². The van der Waals surface area contributed by atoms with Gasteiger partial charge >= 0.3 is 0 Å². The second kappa shape index (κ2) is 7.54. The van der Waals surface area contributed by atoms with Crippen LogP contribution in [0.4, 0.5) is 0 Å². The van der Waals surface area contributed by atoms with Crippen molar-refractivity contribution in [2.75, 3.05) is 33.2 Å². The molecule has 26 heavy (non-hydrogen) atoms. The van der Waals surface area contributed by atoms with Crippen molar-refractivity contribution < 1.29 is 4.79 Å². The third-order valence-corrected chi connectivity index (χ3v) is 5.62. The summed E-state index contributed by atoms with van der Waals surface area (Å²) < 4.78 is 0. The molecular weight excluding hydrogens is 324 g/mol. The summed E-state index contributed by atoms with van der Waals surface area (Å²) in [5.74, 6) is 0.181. The minimum atomic E-state index is 0.181. The van der Waals surface area contributed by atoms with Gasteiger partial charge in [0.05, 0.1) is 5.70 Å². The number of allylic oxidation sites excluding steroid dienone is 2. The first-order chi connectivity index (χ1) is 12.7. The topological polar surface area (TPSA) is 38.8 Å². The molecule has 0 radical (unpaired) electrons. The second-order valence-electron chi connectivity index (χ2n) is 7.52. The molecule has 1 amide bonds. The van der Waals surface area contributed by atoms with Crippen LogP contribution in [-0.4, -0.2) is 60.0 Å². The molecule has 2 saturated heterocycles. The molecule has 0 bridgehead atoms. The lowest BCUT2D eigenvalue weighted by atomic mass is 10.1. The van der Waals surface area contributed by atoms with Crippen molar-refractivity contribution in [1.29, 1.82) is 0 Å². The molecule has 1 aromatic carbocycles. The highest BCUT2D eigenvalue weighted by molar-refractivity contribution is 5.95. The standard InChI is InChI=1S/C21H28N4O/c1-23-12-5-7-20(22-23)17-8-10-18(11-9-17)21(26)25-15-4-6-19(25)16-24-13-2-3-14-24/h5,7-12,19,22H,2-4,6,13-16H2,1H3/t19-/m0/s1. The van der Waals surface area contributed by atoms with E-state index in [9.17, 15) is 4.79 Å². The Kier molecular flexibility index (Phi) is 4.98. The Hall–Kier alpha value is -2.27. The monoisotopic (exact) mass is 352 g/mol. The Balaban J connectivity index is 1.44. The van der Waals surface area contributed by atoms with Gasteiger partial charge < -0.3 is 9.80 Å². The Bertz CT molecular complexity index is 703. The molecule has 138 valence electrons. The van der Waals surface area contributed by atoms with Crippen LogP contribution in [0.3, 0.4) is 0 Å². The Morgan fingerprint density at radius 2 is 1.88 bits per heavy atom. The molecule has 0 saturated carbocycles. The van der Waals surface area contributed by atoms with E-state index in [4.69, 9.17) is 0 Å². The normalized spacial score (nSPS) is 23.3. The van der Waals surface area contributed by atoms with E-state index < -0.39 is 0 Å². The number of nitrogens with zero attached hydrogens (tertiary/aromatic N) is 3. The van der Waals surface area contributed by atoms with Crippen LogP contribution in [0, 0.1) is 0 Å². The molecule has 2 fully saturated rings. The molecule has 3 aliphatic rings. The fraction of sp³-hybridized carbons (Fsp3) is 0.476. The number of hydrazine groups is 1. The first kappa shape index (κ1) is 17.2. The number of nitrogens with one attached hydrogen (secondary N) is 1. The molecule has 5 nitrogen and oxygen atoms in total. The Labute approximate surface area is 155 Å². The SMILES string of the molecule is CN1C=CC=C(c2ccc(C(=O)N3CCC[C@H]3CN3CCCC3)cc2)N1. The van der Waals surface area contributed by atoms with Crippen LogP contribution >= 0.6 is 0 Å². The lowest BCUT2D eigenvalue weighted by Crippen LogP contribution is -2.42. The van der Waals surface area contributed by atoms with Crippen molar-refractivity contribution in [2.45, 2.75) is 31.7 Å². The van der Waals surface area contributed by atoms with E-state index in [1.54, 1.807) is 0 Å². The van der Waals surface area contributed by atoms with Gasteiger partial charge in [-0.15, -0.1) is 0 Å². The number of likely N-dealkylation sites (tertiary alicyclic amines) is 2. The summed E-state index contributed by atoms with van der Waals surface area (Å²) in [6.07, 6.45) is 10.9. The third kappa shape index (κ3) is 3.63. The maximum Gasteiger partial charge on any atom is 0.254 e. The number of carbonyl (C=O) groups is 1.